The zero-order chi connectivity index (χ0) is 21.1. The second kappa shape index (κ2) is 9.38. The molecule has 30 heavy (non-hydrogen) atoms. The van der Waals surface area contributed by atoms with E-state index in [1.807, 2.05) is 0 Å². The number of anilines is 1. The molecule has 0 atom stereocenters. The van der Waals surface area contributed by atoms with Crippen molar-refractivity contribution in [1.82, 2.24) is 0 Å². The number of nitrogens with one attached hydrogen (secondary N) is 1. The van der Waals surface area contributed by atoms with Gasteiger partial charge in [-0.1, -0.05) is 0 Å². The van der Waals surface area contributed by atoms with Crippen LogP contribution in [0.3, 0.4) is 0 Å². The molecule has 0 saturated carbocycles. The average molecular weight is 626 g/mol. The van der Waals surface area contributed by atoms with Crippen LogP contribution in [0, 0.1) is 9.39 Å². The zero-order valence-electron chi connectivity index (χ0n) is 16.1. The van der Waals surface area contributed by atoms with Gasteiger partial charge in [-0.05, 0) is 6.92 Å². The zero-order valence-corrected chi connectivity index (χ0v) is 20.4. The molecule has 1 heterocycles. The van der Waals surface area contributed by atoms with Gasteiger partial charge in [0.05, 0.1) is 0 Å². The molecule has 1 aliphatic heterocycles. The normalized spacial score (nSPS) is 13.5. The van der Waals surface area contributed by atoms with Crippen molar-refractivity contribution in [1.29, 1.82) is 0 Å². The van der Waals surface area contributed by atoms with E-state index in [9.17, 15) is 14.3 Å². The number of carbonyl (C=O) groups is 1. The molecule has 3 aromatic rings. The van der Waals surface area contributed by atoms with Crippen LogP contribution in [0.1, 0.15) is 18.1 Å². The Labute approximate surface area is 191 Å². The number of aliphatic carboxylic acids is 1. The number of benzene rings is 3. The van der Waals surface area contributed by atoms with E-state index in [4.69, 9.17) is 0 Å². The average Bonchev–Trinajstić information content (AvgIpc) is 2.94. The third-order valence-corrected chi connectivity index (χ3v) is 14.9. The topological polar surface area (TPSA) is 49.3 Å². The number of rotatable bonds is 5. The summed E-state index contributed by atoms with van der Waals surface area (Å²) in [6.07, 6.45) is 1.76. The van der Waals surface area contributed by atoms with Crippen LogP contribution in [0.15, 0.2) is 72.8 Å². The summed E-state index contributed by atoms with van der Waals surface area (Å²) in [5.74, 6) is -1.40. The molecule has 3 nitrogen and oxygen atoms in total. The van der Waals surface area contributed by atoms with Crippen LogP contribution in [-0.2, 0) is 4.79 Å². The Morgan fingerprint density at radius 1 is 1.00 bits per heavy atom. The van der Waals surface area contributed by atoms with Crippen molar-refractivity contribution < 1.29 is 31.5 Å². The summed E-state index contributed by atoms with van der Waals surface area (Å²) in [6.45, 7) is 2.96. The quantitative estimate of drug-likeness (QED) is 0.429. The van der Waals surface area contributed by atoms with E-state index in [1.54, 1.807) is 12.1 Å². The molecule has 4 rings (SSSR count). The van der Waals surface area contributed by atoms with Crippen molar-refractivity contribution in [3.05, 3.63) is 93.3 Å². The van der Waals surface area contributed by atoms with Gasteiger partial charge in [-0.3, -0.25) is 0 Å². The molecule has 0 bridgehead atoms. The molecule has 3 aromatic carbocycles. The van der Waals surface area contributed by atoms with E-state index in [1.165, 1.54) is 12.1 Å². The number of carboxylic acids is 1. The van der Waals surface area contributed by atoms with Gasteiger partial charge in [-0.15, -0.1) is 0 Å². The number of hydrogen-bond acceptors (Lipinski definition) is 2. The maximum absolute atomic E-state index is 13.7. The fraction of sp³-hybridized carbons (Fsp3) is 0.0833. The van der Waals surface area contributed by atoms with Gasteiger partial charge in [0.15, 0.2) is 0 Å². The number of hydrogen-bond donors (Lipinski definition) is 2. The Morgan fingerprint density at radius 3 is 2.27 bits per heavy atom. The van der Waals surface area contributed by atoms with Crippen molar-refractivity contribution in [2.45, 2.75) is 6.92 Å². The molecular formula is C24H19FI2NO2-. The van der Waals surface area contributed by atoms with Gasteiger partial charge in [0.1, 0.15) is 0 Å². The monoisotopic (exact) mass is 626 g/mol. The Bertz CT molecular complexity index is 1150. The van der Waals surface area contributed by atoms with Crippen LogP contribution in [0.2, 0.25) is 0 Å². The van der Waals surface area contributed by atoms with E-state index in [-0.39, 0.29) is 39.6 Å². The van der Waals surface area contributed by atoms with Gasteiger partial charge in [-0.2, -0.15) is 0 Å². The molecule has 0 amide bonds. The summed E-state index contributed by atoms with van der Waals surface area (Å²) >= 11 is -0.667. The van der Waals surface area contributed by atoms with Crippen molar-refractivity contribution in [2.24, 2.45) is 0 Å². The fourth-order valence-corrected chi connectivity index (χ4v) is 13.3. The van der Waals surface area contributed by atoms with Gasteiger partial charge in [-0.25, -0.2) is 0 Å². The minimum absolute atomic E-state index is 0.194. The van der Waals surface area contributed by atoms with Crippen LogP contribution < -0.4 is 22.5 Å². The van der Waals surface area contributed by atoms with Crippen LogP contribution in [0.5, 0.6) is 0 Å². The molecule has 0 saturated heterocycles. The minimum atomic E-state index is -1.01. The maximum atomic E-state index is 13.7. The molecule has 6 heteroatoms. The number of allylic oxidation sites excluding steroid dienone is 1. The molecule has 0 spiro atoms. The third-order valence-electron chi connectivity index (χ3n) is 4.67. The molecule has 0 aromatic heterocycles. The van der Waals surface area contributed by atoms with E-state index in [0.29, 0.717) is 5.56 Å². The van der Waals surface area contributed by atoms with E-state index >= 15 is 0 Å². The first-order valence-electron chi connectivity index (χ1n) is 9.41. The Kier molecular flexibility index (Phi) is 6.62. The van der Waals surface area contributed by atoms with E-state index in [2.05, 4.69) is 60.8 Å². The van der Waals surface area contributed by atoms with Crippen LogP contribution >= 0.6 is 16.8 Å². The molecule has 1 aliphatic rings. The molecule has 0 fully saturated rings. The van der Waals surface area contributed by atoms with Crippen molar-refractivity contribution in [3.8, 4) is 11.1 Å². The summed E-state index contributed by atoms with van der Waals surface area (Å²) in [6, 6.07) is 21.2. The predicted molar refractivity (Wildman–Crippen MR) is 125 cm³/mol. The second-order valence-electron chi connectivity index (χ2n) is 6.66. The summed E-state index contributed by atoms with van der Waals surface area (Å²) in [4.78, 5) is 11.9. The SMILES string of the molecule is CCNc1ccc(-c2ccc(C3=I[I-]c4ccc(F)cc4C(C(=O)O)=C3)cc2)cc1. The second-order valence-corrected chi connectivity index (χ2v) is 15.3. The van der Waals surface area contributed by atoms with Gasteiger partial charge in [0.2, 0.25) is 0 Å². The van der Waals surface area contributed by atoms with Gasteiger partial charge in [0, 0.05) is 0 Å². The summed E-state index contributed by atoms with van der Waals surface area (Å²) in [5.41, 5.74) is 5.16. The molecule has 0 aliphatic carbocycles. The number of halogens is 3. The van der Waals surface area contributed by atoms with Crippen molar-refractivity contribution >= 4 is 37.5 Å². The summed E-state index contributed by atoms with van der Waals surface area (Å²) in [5, 5.41) is 13.0. The van der Waals surface area contributed by atoms with Crippen molar-refractivity contribution in [3.63, 3.8) is 0 Å². The van der Waals surface area contributed by atoms with Crippen LogP contribution in [0.25, 0.3) is 16.7 Å². The molecule has 2 N–H and O–H groups in total. The van der Waals surface area contributed by atoms with Crippen LogP contribution in [-0.4, -0.2) is 21.1 Å². The fourth-order valence-electron chi connectivity index (χ4n) is 3.18. The molecular weight excluding hydrogens is 607 g/mol. The van der Waals surface area contributed by atoms with Gasteiger partial charge < -0.3 is 0 Å². The first-order chi connectivity index (χ1) is 14.5. The van der Waals surface area contributed by atoms with Crippen molar-refractivity contribution in [2.75, 3.05) is 11.9 Å². The Hall–Kier alpha value is -2.07. The molecule has 154 valence electrons. The first kappa shape index (κ1) is 21.2. The molecule has 0 radical (unpaired) electrons. The van der Waals surface area contributed by atoms with E-state index in [0.717, 1.165) is 36.0 Å². The van der Waals surface area contributed by atoms with Gasteiger partial charge >= 0.3 is 185 Å². The summed E-state index contributed by atoms with van der Waals surface area (Å²) in [7, 11) is 0. The Balaban J connectivity index is 1.65. The van der Waals surface area contributed by atoms with Crippen LogP contribution in [0.4, 0.5) is 10.1 Å². The first-order valence-corrected chi connectivity index (χ1v) is 17.8. The standard InChI is InChI=1S/C24H19FI2NO2/c1-2-28-19-10-7-16(8-11-19)15-3-5-17(6-4-15)23-14-21(24(29)30)20-13-18(25)9-12-22(20)26-27-23/h3-14,28H,2H2,1H3,(H,29,30)/q-1. The third kappa shape index (κ3) is 4.64. The van der Waals surface area contributed by atoms with Gasteiger partial charge in [0.25, 0.3) is 0 Å². The molecule has 0 unspecified atom stereocenters. The summed E-state index contributed by atoms with van der Waals surface area (Å²) < 4.78 is 15.9. The Morgan fingerprint density at radius 2 is 1.63 bits per heavy atom. The number of fused-ring (bicyclic) bond motifs is 1. The van der Waals surface area contributed by atoms with E-state index < -0.39 is 11.8 Å². The predicted octanol–water partition coefficient (Wildman–Crippen LogP) is 2.77. The number of carboxylic acid groups (broad SMARTS) is 1.